The topological polar surface area (TPSA) is 40.5 Å². The summed E-state index contributed by atoms with van der Waals surface area (Å²) in [6.07, 6.45) is 11.1. The van der Waals surface area contributed by atoms with Crippen LogP contribution in [0.15, 0.2) is 0 Å². The Kier molecular flexibility index (Phi) is 3.71. The molecule has 2 N–H and O–H groups in total. The molecule has 4 fully saturated rings. The smallest absolute Gasteiger partial charge is 0.0880 e. The summed E-state index contributed by atoms with van der Waals surface area (Å²) in [6, 6.07) is 0. The summed E-state index contributed by atoms with van der Waals surface area (Å²) >= 11 is 0. The molecule has 0 saturated heterocycles. The average Bonchev–Trinajstić information content (AvgIpc) is 2.84. The summed E-state index contributed by atoms with van der Waals surface area (Å²) < 4.78 is 0. The van der Waals surface area contributed by atoms with Crippen molar-refractivity contribution in [2.24, 2.45) is 40.4 Å². The first-order valence-corrected chi connectivity index (χ1v) is 10.2. The molecule has 4 saturated carbocycles. The molecule has 0 heterocycles. The van der Waals surface area contributed by atoms with Crippen LogP contribution in [0.1, 0.15) is 78.6 Å². The molecule has 132 valence electrons. The number of rotatable bonds is 1. The number of fused-ring (bicyclic) bond motifs is 5. The van der Waals surface area contributed by atoms with Gasteiger partial charge in [-0.25, -0.2) is 0 Å². The van der Waals surface area contributed by atoms with E-state index in [1.807, 2.05) is 0 Å². The van der Waals surface area contributed by atoms with Crippen LogP contribution in [-0.4, -0.2) is 22.4 Å². The third-order valence-corrected chi connectivity index (χ3v) is 9.59. The van der Waals surface area contributed by atoms with E-state index < -0.39 is 5.60 Å². The van der Waals surface area contributed by atoms with Gasteiger partial charge in [-0.05, 0) is 98.2 Å². The highest BCUT2D eigenvalue weighted by Gasteiger charge is 2.60. The molecular formula is C21H36O2. The first-order valence-electron chi connectivity index (χ1n) is 10.2. The normalized spacial score (nSPS) is 59.1. The molecular weight excluding hydrogens is 284 g/mol. The van der Waals surface area contributed by atoms with Crippen LogP contribution in [0.2, 0.25) is 0 Å². The van der Waals surface area contributed by atoms with Crippen molar-refractivity contribution in [1.29, 1.82) is 0 Å². The molecule has 3 unspecified atom stereocenters. The summed E-state index contributed by atoms with van der Waals surface area (Å²) in [4.78, 5) is 0. The van der Waals surface area contributed by atoms with Gasteiger partial charge in [0.25, 0.3) is 0 Å². The van der Waals surface area contributed by atoms with Gasteiger partial charge in [-0.1, -0.05) is 20.8 Å². The monoisotopic (exact) mass is 320 g/mol. The lowest BCUT2D eigenvalue weighted by Crippen LogP contribution is -2.56. The van der Waals surface area contributed by atoms with Crippen molar-refractivity contribution < 1.29 is 10.2 Å². The van der Waals surface area contributed by atoms with Crippen LogP contribution < -0.4 is 0 Å². The van der Waals surface area contributed by atoms with Crippen molar-refractivity contribution in [2.45, 2.75) is 84.2 Å². The van der Waals surface area contributed by atoms with Crippen LogP contribution >= 0.6 is 0 Å². The quantitative estimate of drug-likeness (QED) is 0.752. The van der Waals surface area contributed by atoms with E-state index in [9.17, 15) is 10.2 Å². The van der Waals surface area contributed by atoms with E-state index in [1.54, 1.807) is 0 Å². The second-order valence-corrected chi connectivity index (χ2v) is 10.3. The van der Waals surface area contributed by atoms with Crippen LogP contribution in [-0.2, 0) is 0 Å². The Morgan fingerprint density at radius 2 is 1.61 bits per heavy atom. The molecule has 0 aromatic rings. The number of hydrogen-bond donors (Lipinski definition) is 2. The molecule has 2 nitrogen and oxygen atoms in total. The van der Waals surface area contributed by atoms with Crippen LogP contribution in [0.25, 0.3) is 0 Å². The van der Waals surface area contributed by atoms with Crippen molar-refractivity contribution in [2.75, 3.05) is 6.61 Å². The average molecular weight is 321 g/mol. The number of aliphatic hydroxyl groups is 2. The predicted octanol–water partition coefficient (Wildman–Crippen LogP) is 4.39. The summed E-state index contributed by atoms with van der Waals surface area (Å²) in [5, 5.41) is 20.2. The molecule has 0 aliphatic heterocycles. The highest BCUT2D eigenvalue weighted by atomic mass is 16.3. The Morgan fingerprint density at radius 3 is 2.35 bits per heavy atom. The Bertz CT molecular complexity index is 476. The largest absolute Gasteiger partial charge is 0.393 e. The molecule has 23 heavy (non-hydrogen) atoms. The van der Waals surface area contributed by atoms with Crippen molar-refractivity contribution in [3.8, 4) is 0 Å². The zero-order valence-corrected chi connectivity index (χ0v) is 15.4. The van der Waals surface area contributed by atoms with Crippen LogP contribution in [0.3, 0.4) is 0 Å². The van der Waals surface area contributed by atoms with Crippen molar-refractivity contribution in [3.63, 3.8) is 0 Å². The third kappa shape index (κ3) is 2.20. The Balaban J connectivity index is 1.60. The van der Waals surface area contributed by atoms with Crippen molar-refractivity contribution in [3.05, 3.63) is 0 Å². The highest BCUT2D eigenvalue weighted by molar-refractivity contribution is 5.10. The van der Waals surface area contributed by atoms with Gasteiger partial charge < -0.3 is 10.2 Å². The highest BCUT2D eigenvalue weighted by Crippen LogP contribution is 2.67. The molecule has 0 amide bonds. The van der Waals surface area contributed by atoms with Gasteiger partial charge in [0, 0.05) is 0 Å². The van der Waals surface area contributed by atoms with Crippen LogP contribution in [0.4, 0.5) is 0 Å². The van der Waals surface area contributed by atoms with Gasteiger partial charge in [0.05, 0.1) is 12.2 Å². The summed E-state index contributed by atoms with van der Waals surface area (Å²) in [7, 11) is 0. The molecule has 4 rings (SSSR count). The zero-order chi connectivity index (χ0) is 16.5. The van der Waals surface area contributed by atoms with E-state index in [0.29, 0.717) is 16.7 Å². The van der Waals surface area contributed by atoms with Gasteiger partial charge in [-0.15, -0.1) is 0 Å². The lowest BCUT2D eigenvalue weighted by Gasteiger charge is -2.62. The van der Waals surface area contributed by atoms with E-state index in [1.165, 1.54) is 38.5 Å². The van der Waals surface area contributed by atoms with Gasteiger partial charge >= 0.3 is 0 Å². The molecule has 0 aromatic carbocycles. The maximum Gasteiger partial charge on any atom is 0.0880 e. The Hall–Kier alpha value is -0.0800. The molecule has 4 aliphatic carbocycles. The first kappa shape index (κ1) is 16.4. The number of hydrogen-bond acceptors (Lipinski definition) is 2. The maximum absolute atomic E-state index is 10.6. The van der Waals surface area contributed by atoms with Gasteiger partial charge in [0.15, 0.2) is 0 Å². The minimum atomic E-state index is -0.790. The first-order chi connectivity index (χ1) is 10.8. The van der Waals surface area contributed by atoms with Gasteiger partial charge in [0.2, 0.25) is 0 Å². The fraction of sp³-hybridized carbons (Fsp3) is 1.00. The van der Waals surface area contributed by atoms with Crippen LogP contribution in [0, 0.1) is 40.4 Å². The van der Waals surface area contributed by atoms with E-state index in [4.69, 9.17) is 0 Å². The van der Waals surface area contributed by atoms with Crippen LogP contribution in [0.5, 0.6) is 0 Å². The fourth-order valence-corrected chi connectivity index (χ4v) is 7.73. The molecule has 2 heteroatoms. The zero-order valence-electron chi connectivity index (χ0n) is 15.4. The van der Waals surface area contributed by atoms with Crippen molar-refractivity contribution in [1.82, 2.24) is 0 Å². The van der Waals surface area contributed by atoms with Crippen molar-refractivity contribution >= 4 is 0 Å². The minimum Gasteiger partial charge on any atom is -0.393 e. The standard InChI is InChI=1S/C21H36O2/c1-14-4-7-17-16-6-5-15-12-21(23,13-22)11-10-20(15,3)18(16)8-9-19(14,17)2/h14-18,22-23H,4-13H2,1-3H3/t14-,15-,16?,17?,18?,19+,20-,21+/m0/s1. The molecule has 8 atom stereocenters. The predicted molar refractivity (Wildman–Crippen MR) is 92.9 cm³/mol. The van der Waals surface area contributed by atoms with E-state index in [2.05, 4.69) is 20.8 Å². The third-order valence-electron chi connectivity index (χ3n) is 9.59. The lowest BCUT2D eigenvalue weighted by molar-refractivity contribution is -0.159. The summed E-state index contributed by atoms with van der Waals surface area (Å²) in [5.74, 6) is 4.28. The second kappa shape index (κ2) is 5.21. The van der Waals surface area contributed by atoms with Gasteiger partial charge in [0.1, 0.15) is 0 Å². The second-order valence-electron chi connectivity index (χ2n) is 10.3. The molecule has 0 radical (unpaired) electrons. The Morgan fingerprint density at radius 1 is 0.870 bits per heavy atom. The van der Waals surface area contributed by atoms with E-state index in [-0.39, 0.29) is 6.61 Å². The minimum absolute atomic E-state index is 0.0497. The fourth-order valence-electron chi connectivity index (χ4n) is 7.73. The molecule has 4 aliphatic rings. The number of aliphatic hydroxyl groups excluding tert-OH is 1. The summed E-state index contributed by atoms with van der Waals surface area (Å²) in [5.41, 5.74) is 0.227. The molecule has 0 aromatic heterocycles. The van der Waals surface area contributed by atoms with Gasteiger partial charge in [-0.3, -0.25) is 0 Å². The molecule has 0 bridgehead atoms. The van der Waals surface area contributed by atoms with E-state index >= 15 is 0 Å². The summed E-state index contributed by atoms with van der Waals surface area (Å²) in [6.45, 7) is 7.57. The SMILES string of the molecule is C[C@H]1CCC2C3CC[C@H]4C[C@@](O)(CO)CC[C@]4(C)C3CC[C@@]21C. The van der Waals surface area contributed by atoms with E-state index in [0.717, 1.165) is 42.9 Å². The van der Waals surface area contributed by atoms with Gasteiger partial charge in [-0.2, -0.15) is 0 Å². The molecule has 0 spiro atoms. The Labute approximate surface area is 142 Å². The maximum atomic E-state index is 10.6. The lowest BCUT2D eigenvalue weighted by atomic mass is 9.44.